The van der Waals surface area contributed by atoms with Crippen molar-refractivity contribution in [2.75, 3.05) is 0 Å². The first-order valence-electron chi connectivity index (χ1n) is 6.14. The average molecular weight is 224 g/mol. The number of hydrogen-bond donors (Lipinski definition) is 0. The summed E-state index contributed by atoms with van der Waals surface area (Å²) >= 11 is 0. The maximum atomic E-state index is 6.13. The standard InChI is InChI=1S/C16H16O/c1-12-11-14-9-5-6-10-15(14)17-16(12)13-7-3-2-4-8-13/h2-10,12,16H,11H2,1H3. The molecule has 0 fully saturated rings. The minimum Gasteiger partial charge on any atom is -0.485 e. The Bertz CT molecular complexity index is 504. The molecule has 0 aromatic heterocycles. The number of benzene rings is 2. The van der Waals surface area contributed by atoms with E-state index in [0.717, 1.165) is 12.2 Å². The first-order chi connectivity index (χ1) is 8.34. The highest BCUT2D eigenvalue weighted by Crippen LogP contribution is 2.38. The van der Waals surface area contributed by atoms with Gasteiger partial charge in [0.1, 0.15) is 11.9 Å². The Morgan fingerprint density at radius 2 is 1.65 bits per heavy atom. The van der Waals surface area contributed by atoms with Gasteiger partial charge >= 0.3 is 0 Å². The van der Waals surface area contributed by atoms with E-state index in [2.05, 4.69) is 49.4 Å². The highest BCUT2D eigenvalue weighted by atomic mass is 16.5. The Hall–Kier alpha value is -1.76. The second kappa shape index (κ2) is 4.25. The Balaban J connectivity index is 1.95. The van der Waals surface area contributed by atoms with E-state index >= 15 is 0 Å². The highest BCUT2D eigenvalue weighted by Gasteiger charge is 2.27. The van der Waals surface area contributed by atoms with Gasteiger partial charge in [0.15, 0.2) is 0 Å². The Morgan fingerprint density at radius 1 is 0.941 bits per heavy atom. The first kappa shape index (κ1) is 10.4. The summed E-state index contributed by atoms with van der Waals surface area (Å²) in [6, 6.07) is 18.8. The molecule has 2 aromatic rings. The molecule has 0 bridgehead atoms. The van der Waals surface area contributed by atoms with Crippen LogP contribution in [0.3, 0.4) is 0 Å². The Kier molecular flexibility index (Phi) is 2.60. The van der Waals surface area contributed by atoms with E-state index in [-0.39, 0.29) is 6.10 Å². The van der Waals surface area contributed by atoms with Crippen LogP contribution in [0.5, 0.6) is 5.75 Å². The molecule has 1 aliphatic heterocycles. The number of hydrogen-bond acceptors (Lipinski definition) is 1. The molecule has 2 atom stereocenters. The van der Waals surface area contributed by atoms with Crippen molar-refractivity contribution >= 4 is 0 Å². The quantitative estimate of drug-likeness (QED) is 0.711. The van der Waals surface area contributed by atoms with Gasteiger partial charge < -0.3 is 4.74 Å². The second-order valence-corrected chi connectivity index (χ2v) is 4.74. The van der Waals surface area contributed by atoms with Crippen molar-refractivity contribution < 1.29 is 4.74 Å². The largest absolute Gasteiger partial charge is 0.485 e. The summed E-state index contributed by atoms with van der Waals surface area (Å²) in [5.41, 5.74) is 2.60. The fraction of sp³-hybridized carbons (Fsp3) is 0.250. The molecular formula is C16H16O. The van der Waals surface area contributed by atoms with Crippen molar-refractivity contribution in [2.24, 2.45) is 5.92 Å². The van der Waals surface area contributed by atoms with Gasteiger partial charge in [-0.05, 0) is 23.6 Å². The van der Waals surface area contributed by atoms with Crippen molar-refractivity contribution in [1.29, 1.82) is 0 Å². The lowest BCUT2D eigenvalue weighted by atomic mass is 9.88. The molecule has 1 nitrogen and oxygen atoms in total. The van der Waals surface area contributed by atoms with Gasteiger partial charge in [0.2, 0.25) is 0 Å². The third kappa shape index (κ3) is 1.93. The van der Waals surface area contributed by atoms with Gasteiger partial charge in [0, 0.05) is 5.92 Å². The second-order valence-electron chi connectivity index (χ2n) is 4.74. The van der Waals surface area contributed by atoms with Crippen LogP contribution in [0.2, 0.25) is 0 Å². The molecule has 1 heteroatoms. The molecule has 0 N–H and O–H groups in total. The van der Waals surface area contributed by atoms with Crippen molar-refractivity contribution in [3.05, 3.63) is 65.7 Å². The number of fused-ring (bicyclic) bond motifs is 1. The lowest BCUT2D eigenvalue weighted by Crippen LogP contribution is -2.23. The smallest absolute Gasteiger partial charge is 0.127 e. The van der Waals surface area contributed by atoms with Crippen molar-refractivity contribution in [3.63, 3.8) is 0 Å². The van der Waals surface area contributed by atoms with Crippen LogP contribution >= 0.6 is 0 Å². The summed E-state index contributed by atoms with van der Waals surface area (Å²) in [5.74, 6) is 1.56. The zero-order valence-electron chi connectivity index (χ0n) is 9.97. The van der Waals surface area contributed by atoms with Gasteiger partial charge in [0.25, 0.3) is 0 Å². The molecule has 17 heavy (non-hydrogen) atoms. The van der Waals surface area contributed by atoms with Gasteiger partial charge in [-0.15, -0.1) is 0 Å². The molecule has 0 amide bonds. The van der Waals surface area contributed by atoms with E-state index in [4.69, 9.17) is 4.74 Å². The van der Waals surface area contributed by atoms with Gasteiger partial charge in [-0.2, -0.15) is 0 Å². The summed E-state index contributed by atoms with van der Waals surface area (Å²) < 4.78 is 6.13. The summed E-state index contributed by atoms with van der Waals surface area (Å²) in [6.07, 6.45) is 1.28. The zero-order chi connectivity index (χ0) is 11.7. The van der Waals surface area contributed by atoms with Gasteiger partial charge in [0.05, 0.1) is 0 Å². The fourth-order valence-corrected chi connectivity index (χ4v) is 2.53. The van der Waals surface area contributed by atoms with Crippen molar-refractivity contribution in [3.8, 4) is 5.75 Å². The molecule has 0 aliphatic carbocycles. The van der Waals surface area contributed by atoms with Crippen LogP contribution in [-0.2, 0) is 6.42 Å². The summed E-state index contributed by atoms with van der Waals surface area (Å²) in [4.78, 5) is 0. The monoisotopic (exact) mass is 224 g/mol. The van der Waals surface area contributed by atoms with Gasteiger partial charge in [-0.1, -0.05) is 55.5 Å². The van der Waals surface area contributed by atoms with E-state index in [1.165, 1.54) is 11.1 Å². The SMILES string of the molecule is CC1Cc2ccccc2OC1c1ccccc1. The molecule has 0 spiro atoms. The zero-order valence-corrected chi connectivity index (χ0v) is 9.97. The predicted molar refractivity (Wildman–Crippen MR) is 69.1 cm³/mol. The fourth-order valence-electron chi connectivity index (χ4n) is 2.53. The summed E-state index contributed by atoms with van der Waals surface area (Å²) in [5, 5.41) is 0. The number of ether oxygens (including phenoxy) is 1. The first-order valence-corrected chi connectivity index (χ1v) is 6.14. The van der Waals surface area contributed by atoms with E-state index < -0.39 is 0 Å². The Morgan fingerprint density at radius 3 is 2.47 bits per heavy atom. The topological polar surface area (TPSA) is 9.23 Å². The average Bonchev–Trinajstić information content (AvgIpc) is 2.39. The molecule has 1 aliphatic rings. The van der Waals surface area contributed by atoms with Crippen LogP contribution in [-0.4, -0.2) is 0 Å². The summed E-state index contributed by atoms with van der Waals surface area (Å²) in [7, 11) is 0. The van der Waals surface area contributed by atoms with Crippen LogP contribution < -0.4 is 4.74 Å². The molecular weight excluding hydrogens is 208 g/mol. The summed E-state index contributed by atoms with van der Waals surface area (Å²) in [6.45, 7) is 2.26. The van der Waals surface area contributed by atoms with E-state index in [1.807, 2.05) is 12.1 Å². The van der Waals surface area contributed by atoms with Crippen LogP contribution in [0, 0.1) is 5.92 Å². The van der Waals surface area contributed by atoms with Gasteiger partial charge in [-0.25, -0.2) is 0 Å². The third-order valence-corrected chi connectivity index (χ3v) is 3.41. The molecule has 3 rings (SSSR count). The molecule has 0 radical (unpaired) electrons. The third-order valence-electron chi connectivity index (χ3n) is 3.41. The molecule has 2 aromatic carbocycles. The number of para-hydroxylation sites is 1. The lowest BCUT2D eigenvalue weighted by Gasteiger charge is -2.31. The van der Waals surface area contributed by atoms with Gasteiger partial charge in [-0.3, -0.25) is 0 Å². The molecule has 0 saturated heterocycles. The van der Waals surface area contributed by atoms with E-state index in [9.17, 15) is 0 Å². The van der Waals surface area contributed by atoms with E-state index in [0.29, 0.717) is 5.92 Å². The number of rotatable bonds is 1. The minimum atomic E-state index is 0.186. The Labute approximate surface area is 102 Å². The molecule has 1 heterocycles. The van der Waals surface area contributed by atoms with Crippen molar-refractivity contribution in [2.45, 2.75) is 19.4 Å². The van der Waals surface area contributed by atoms with E-state index in [1.54, 1.807) is 0 Å². The maximum Gasteiger partial charge on any atom is 0.127 e. The van der Waals surface area contributed by atoms with Crippen LogP contribution in [0.25, 0.3) is 0 Å². The molecule has 2 unspecified atom stereocenters. The van der Waals surface area contributed by atoms with Crippen molar-refractivity contribution in [1.82, 2.24) is 0 Å². The normalized spacial score (nSPS) is 22.6. The highest BCUT2D eigenvalue weighted by molar-refractivity contribution is 5.37. The lowest BCUT2D eigenvalue weighted by molar-refractivity contribution is 0.123. The van der Waals surface area contributed by atoms with Crippen LogP contribution in [0.15, 0.2) is 54.6 Å². The predicted octanol–water partition coefficient (Wildman–Crippen LogP) is 4.00. The van der Waals surface area contributed by atoms with Crippen LogP contribution in [0.4, 0.5) is 0 Å². The molecule has 86 valence electrons. The minimum absolute atomic E-state index is 0.186. The van der Waals surface area contributed by atoms with Crippen LogP contribution in [0.1, 0.15) is 24.2 Å². The maximum absolute atomic E-state index is 6.13. The molecule has 0 saturated carbocycles.